The number of amides is 1. The van der Waals surface area contributed by atoms with Crippen molar-refractivity contribution in [1.82, 2.24) is 0 Å². The first-order chi connectivity index (χ1) is 7.38. The van der Waals surface area contributed by atoms with Crippen LogP contribution in [0.25, 0.3) is 0 Å². The second-order valence-electron chi connectivity index (χ2n) is 3.35. The van der Waals surface area contributed by atoms with Gasteiger partial charge in [0.2, 0.25) is 0 Å². The normalized spacial score (nSPS) is 19.6. The molecule has 0 spiro atoms. The molecule has 1 N–H and O–H groups in total. The first-order valence-corrected chi connectivity index (χ1v) is 6.75. The largest absolute Gasteiger partial charge is 0.479 e. The summed E-state index contributed by atoms with van der Waals surface area (Å²) in [5.74, 6) is 0.104. The molecule has 0 saturated heterocycles. The quantitative estimate of drug-likeness (QED) is 0.774. The molecule has 0 fully saturated rings. The third-order valence-electron chi connectivity index (χ3n) is 2.16. The van der Waals surface area contributed by atoms with Gasteiger partial charge < -0.3 is 10.1 Å². The van der Waals surface area contributed by atoms with Gasteiger partial charge in [-0.25, -0.2) is 8.42 Å². The zero-order valence-electron chi connectivity index (χ0n) is 8.23. The highest BCUT2D eigenvalue weighted by Gasteiger charge is 2.24. The average Bonchev–Trinajstić information content (AvgIpc) is 2.17. The molecule has 7 heteroatoms. The Morgan fingerprint density at radius 3 is 2.75 bits per heavy atom. The highest BCUT2D eigenvalue weighted by molar-refractivity contribution is 8.13. The first-order valence-electron chi connectivity index (χ1n) is 4.44. The Hall–Kier alpha value is -1.27. The molecule has 0 unspecified atom stereocenters. The predicted molar refractivity (Wildman–Crippen MR) is 58.2 cm³/mol. The fraction of sp³-hybridized carbons (Fsp3) is 0.222. The van der Waals surface area contributed by atoms with E-state index in [9.17, 15) is 13.2 Å². The number of fused-ring (bicyclic) bond motifs is 1. The van der Waals surface area contributed by atoms with Gasteiger partial charge in [-0.15, -0.1) is 0 Å². The van der Waals surface area contributed by atoms with Crippen LogP contribution in [0.2, 0.25) is 0 Å². The molecule has 0 saturated carbocycles. The molecule has 1 aromatic rings. The summed E-state index contributed by atoms with van der Waals surface area (Å²) in [5.41, 5.74) is 0.310. The van der Waals surface area contributed by atoms with E-state index in [1.807, 2.05) is 0 Å². The zero-order valence-corrected chi connectivity index (χ0v) is 9.80. The van der Waals surface area contributed by atoms with Crippen molar-refractivity contribution in [2.45, 2.75) is 17.9 Å². The molecular formula is C9H8ClNO4S. The third kappa shape index (κ3) is 1.98. The van der Waals surface area contributed by atoms with Gasteiger partial charge in [0.15, 0.2) is 6.10 Å². The van der Waals surface area contributed by atoms with Gasteiger partial charge in [-0.3, -0.25) is 4.79 Å². The van der Waals surface area contributed by atoms with E-state index in [0.717, 1.165) is 0 Å². The molecular weight excluding hydrogens is 254 g/mol. The lowest BCUT2D eigenvalue weighted by atomic mass is 10.2. The summed E-state index contributed by atoms with van der Waals surface area (Å²) >= 11 is 0. The number of hydrogen-bond donors (Lipinski definition) is 1. The molecule has 1 atom stereocenters. The van der Waals surface area contributed by atoms with Gasteiger partial charge in [-0.1, -0.05) is 0 Å². The number of carbonyl (C=O) groups excluding carboxylic acids is 1. The molecule has 86 valence electrons. The van der Waals surface area contributed by atoms with Crippen LogP contribution in [-0.2, 0) is 13.8 Å². The molecule has 0 aliphatic carbocycles. The summed E-state index contributed by atoms with van der Waals surface area (Å²) < 4.78 is 27.4. The van der Waals surface area contributed by atoms with Crippen LogP contribution in [0.5, 0.6) is 5.75 Å². The van der Waals surface area contributed by atoms with Crippen molar-refractivity contribution in [1.29, 1.82) is 0 Å². The second-order valence-corrected chi connectivity index (χ2v) is 5.91. The number of hydrogen-bond acceptors (Lipinski definition) is 4. The number of anilines is 1. The van der Waals surface area contributed by atoms with Crippen molar-refractivity contribution >= 4 is 31.3 Å². The maximum Gasteiger partial charge on any atom is 0.265 e. The van der Waals surface area contributed by atoms with E-state index in [2.05, 4.69) is 5.32 Å². The molecule has 1 amide bonds. The fourth-order valence-electron chi connectivity index (χ4n) is 1.34. The van der Waals surface area contributed by atoms with Crippen LogP contribution in [0.15, 0.2) is 23.1 Å². The topological polar surface area (TPSA) is 72.5 Å². The van der Waals surface area contributed by atoms with Crippen LogP contribution in [0.4, 0.5) is 5.69 Å². The summed E-state index contributed by atoms with van der Waals surface area (Å²) in [6.07, 6.45) is -0.592. The number of nitrogens with one attached hydrogen (secondary N) is 1. The number of rotatable bonds is 1. The Morgan fingerprint density at radius 1 is 1.44 bits per heavy atom. The minimum Gasteiger partial charge on any atom is -0.479 e. The Balaban J connectivity index is 2.48. The number of carbonyl (C=O) groups is 1. The second kappa shape index (κ2) is 3.64. The van der Waals surface area contributed by atoms with Gasteiger partial charge in [0.25, 0.3) is 15.0 Å². The zero-order chi connectivity index (χ0) is 11.9. The Morgan fingerprint density at radius 2 is 2.12 bits per heavy atom. The molecule has 1 aliphatic rings. The molecule has 1 aliphatic heterocycles. The van der Waals surface area contributed by atoms with E-state index in [1.54, 1.807) is 6.92 Å². The summed E-state index contributed by atoms with van der Waals surface area (Å²) in [5, 5.41) is 2.54. The lowest BCUT2D eigenvalue weighted by molar-refractivity contribution is -0.122. The van der Waals surface area contributed by atoms with Gasteiger partial charge in [-0.2, -0.15) is 0 Å². The van der Waals surface area contributed by atoms with Crippen LogP contribution in [0.3, 0.4) is 0 Å². The SMILES string of the molecule is C[C@@H]1Oc2ccc(S(=O)(=O)Cl)cc2NC1=O. The van der Waals surface area contributed by atoms with Crippen LogP contribution in [0, 0.1) is 0 Å². The molecule has 0 radical (unpaired) electrons. The van der Waals surface area contributed by atoms with Crippen molar-refractivity contribution in [2.24, 2.45) is 0 Å². The molecule has 1 heterocycles. The summed E-state index contributed by atoms with van der Waals surface area (Å²) in [6.45, 7) is 1.60. The third-order valence-corrected chi connectivity index (χ3v) is 3.51. The van der Waals surface area contributed by atoms with Gasteiger partial charge in [0.05, 0.1) is 10.6 Å². The van der Waals surface area contributed by atoms with Crippen LogP contribution < -0.4 is 10.1 Å². The van der Waals surface area contributed by atoms with E-state index in [1.165, 1.54) is 18.2 Å². The Labute approximate surface area is 96.8 Å². The van der Waals surface area contributed by atoms with Crippen molar-refractivity contribution < 1.29 is 17.9 Å². The van der Waals surface area contributed by atoms with E-state index < -0.39 is 15.2 Å². The summed E-state index contributed by atoms with van der Waals surface area (Å²) in [7, 11) is 1.38. The van der Waals surface area contributed by atoms with Crippen molar-refractivity contribution in [3.63, 3.8) is 0 Å². The standard InChI is InChI=1S/C9H8ClNO4S/c1-5-9(12)11-7-4-6(16(10,13)14)2-3-8(7)15-5/h2-5H,1H3,(H,11,12)/t5-/m0/s1. The fourth-order valence-corrected chi connectivity index (χ4v) is 2.12. The molecule has 1 aromatic carbocycles. The smallest absolute Gasteiger partial charge is 0.265 e. The molecule has 16 heavy (non-hydrogen) atoms. The van der Waals surface area contributed by atoms with E-state index in [-0.39, 0.29) is 10.8 Å². The van der Waals surface area contributed by atoms with E-state index in [0.29, 0.717) is 11.4 Å². The van der Waals surface area contributed by atoms with Gasteiger partial charge in [0, 0.05) is 10.7 Å². The number of ether oxygens (including phenoxy) is 1. The van der Waals surface area contributed by atoms with Crippen molar-refractivity contribution in [3.8, 4) is 5.75 Å². The van der Waals surface area contributed by atoms with Crippen molar-refractivity contribution in [2.75, 3.05) is 5.32 Å². The maximum atomic E-state index is 11.3. The molecule has 0 bridgehead atoms. The highest BCUT2D eigenvalue weighted by atomic mass is 35.7. The monoisotopic (exact) mass is 261 g/mol. The molecule has 2 rings (SSSR count). The minimum atomic E-state index is -3.80. The van der Waals surface area contributed by atoms with Gasteiger partial charge >= 0.3 is 0 Å². The summed E-state index contributed by atoms with van der Waals surface area (Å²) in [6, 6.07) is 4.05. The van der Waals surface area contributed by atoms with Gasteiger partial charge in [-0.05, 0) is 25.1 Å². The number of benzene rings is 1. The minimum absolute atomic E-state index is 0.0774. The predicted octanol–water partition coefficient (Wildman–Crippen LogP) is 1.33. The average molecular weight is 262 g/mol. The molecule has 5 nitrogen and oxygen atoms in total. The van der Waals surface area contributed by atoms with E-state index in [4.69, 9.17) is 15.4 Å². The maximum absolute atomic E-state index is 11.3. The Kier molecular flexibility index (Phi) is 2.55. The number of halogens is 1. The lowest BCUT2D eigenvalue weighted by Crippen LogP contribution is -2.34. The first kappa shape index (κ1) is 11.2. The van der Waals surface area contributed by atoms with Gasteiger partial charge in [0.1, 0.15) is 5.75 Å². The van der Waals surface area contributed by atoms with Crippen molar-refractivity contribution in [3.05, 3.63) is 18.2 Å². The van der Waals surface area contributed by atoms with E-state index >= 15 is 0 Å². The van der Waals surface area contributed by atoms with Crippen LogP contribution >= 0.6 is 10.7 Å². The lowest BCUT2D eigenvalue weighted by Gasteiger charge is -2.23. The highest BCUT2D eigenvalue weighted by Crippen LogP contribution is 2.32. The summed E-state index contributed by atoms with van der Waals surface area (Å²) in [4.78, 5) is 11.2. The van der Waals surface area contributed by atoms with Crippen LogP contribution in [0.1, 0.15) is 6.92 Å². The molecule has 0 aromatic heterocycles. The van der Waals surface area contributed by atoms with Crippen LogP contribution in [-0.4, -0.2) is 20.4 Å². The Bertz CT molecular complexity index is 555.